The van der Waals surface area contributed by atoms with Crippen LogP contribution in [0.2, 0.25) is 0 Å². The van der Waals surface area contributed by atoms with Gasteiger partial charge in [0.25, 0.3) is 0 Å². The summed E-state index contributed by atoms with van der Waals surface area (Å²) in [5, 5.41) is 3.33. The van der Waals surface area contributed by atoms with Gasteiger partial charge in [-0.2, -0.15) is 0 Å². The van der Waals surface area contributed by atoms with Crippen LogP contribution >= 0.6 is 0 Å². The molecule has 0 bridgehead atoms. The van der Waals surface area contributed by atoms with Crippen molar-refractivity contribution in [2.75, 3.05) is 11.9 Å². The molecule has 0 aliphatic heterocycles. The van der Waals surface area contributed by atoms with Crippen LogP contribution in [0.1, 0.15) is 36.2 Å². The van der Waals surface area contributed by atoms with Crippen molar-refractivity contribution in [2.45, 2.75) is 32.1 Å². The van der Waals surface area contributed by atoms with Crippen LogP contribution in [0.4, 0.5) is 5.82 Å². The van der Waals surface area contributed by atoms with Gasteiger partial charge in [0, 0.05) is 18.7 Å². The number of rotatable bonds is 4. The Morgan fingerprint density at radius 2 is 1.89 bits per heavy atom. The van der Waals surface area contributed by atoms with Crippen molar-refractivity contribution in [3.05, 3.63) is 53.5 Å². The zero-order chi connectivity index (χ0) is 13.1. The lowest BCUT2D eigenvalue weighted by molar-refractivity contribution is 0.682. The minimum absolute atomic E-state index is 0.431. The number of hydrogen-bond donors (Lipinski definition) is 1. The summed E-state index contributed by atoms with van der Waals surface area (Å²) in [6.07, 6.45) is 5.10. The Morgan fingerprint density at radius 3 is 2.58 bits per heavy atom. The molecule has 2 aromatic rings. The number of hydrogen-bond acceptors (Lipinski definition) is 3. The highest BCUT2D eigenvalue weighted by Crippen LogP contribution is 2.32. The van der Waals surface area contributed by atoms with E-state index in [0.717, 1.165) is 37.4 Å². The van der Waals surface area contributed by atoms with Crippen molar-refractivity contribution in [3.63, 3.8) is 0 Å². The van der Waals surface area contributed by atoms with Crippen LogP contribution in [0.25, 0.3) is 0 Å². The molecule has 98 valence electrons. The van der Waals surface area contributed by atoms with E-state index in [4.69, 9.17) is 0 Å². The van der Waals surface area contributed by atoms with Gasteiger partial charge in [0.1, 0.15) is 11.6 Å². The van der Waals surface area contributed by atoms with Gasteiger partial charge in [-0.15, -0.1) is 0 Å². The fourth-order valence-corrected chi connectivity index (χ4v) is 2.66. The van der Waals surface area contributed by atoms with Crippen LogP contribution in [0.5, 0.6) is 0 Å². The molecule has 3 heteroatoms. The molecule has 1 aromatic carbocycles. The van der Waals surface area contributed by atoms with E-state index in [0.29, 0.717) is 5.92 Å². The maximum atomic E-state index is 4.65. The predicted molar refractivity (Wildman–Crippen MR) is 77.4 cm³/mol. The Kier molecular flexibility index (Phi) is 3.45. The van der Waals surface area contributed by atoms with Gasteiger partial charge in [0.05, 0.1) is 0 Å². The summed E-state index contributed by atoms with van der Waals surface area (Å²) >= 11 is 0. The van der Waals surface area contributed by atoms with Crippen molar-refractivity contribution in [1.82, 2.24) is 9.97 Å². The second kappa shape index (κ2) is 5.39. The summed E-state index contributed by atoms with van der Waals surface area (Å²) in [5.41, 5.74) is 2.89. The summed E-state index contributed by atoms with van der Waals surface area (Å²) in [5.74, 6) is 2.35. The third-order valence-corrected chi connectivity index (χ3v) is 3.65. The maximum Gasteiger partial charge on any atom is 0.134 e. The second-order valence-electron chi connectivity index (χ2n) is 5.10. The molecule has 0 radical (unpaired) electrons. The van der Waals surface area contributed by atoms with E-state index in [2.05, 4.69) is 46.5 Å². The SMILES string of the molecule is CCCNc1ccnc(C2Cc3ccccc3C2)n1. The van der Waals surface area contributed by atoms with E-state index >= 15 is 0 Å². The normalized spacial score (nSPS) is 14.4. The molecule has 1 aromatic heterocycles. The van der Waals surface area contributed by atoms with Crippen molar-refractivity contribution in [3.8, 4) is 0 Å². The molecule has 3 nitrogen and oxygen atoms in total. The second-order valence-corrected chi connectivity index (χ2v) is 5.10. The highest BCUT2D eigenvalue weighted by molar-refractivity contribution is 5.37. The van der Waals surface area contributed by atoms with Crippen LogP contribution in [0, 0.1) is 0 Å². The maximum absolute atomic E-state index is 4.65. The number of anilines is 1. The first-order valence-electron chi connectivity index (χ1n) is 7.00. The molecular formula is C16H19N3. The lowest BCUT2D eigenvalue weighted by Crippen LogP contribution is -2.08. The van der Waals surface area contributed by atoms with E-state index in [-0.39, 0.29) is 0 Å². The largest absolute Gasteiger partial charge is 0.370 e. The summed E-state index contributed by atoms with van der Waals surface area (Å²) < 4.78 is 0. The number of nitrogens with one attached hydrogen (secondary N) is 1. The molecular weight excluding hydrogens is 234 g/mol. The predicted octanol–water partition coefficient (Wildman–Crippen LogP) is 3.18. The standard InChI is InChI=1S/C16H19N3/c1-2-8-17-15-7-9-18-16(19-15)14-10-12-5-3-4-6-13(12)11-14/h3-7,9,14H,2,8,10-11H2,1H3,(H,17,18,19). The summed E-state index contributed by atoms with van der Waals surface area (Å²) in [4.78, 5) is 9.11. The van der Waals surface area contributed by atoms with Crippen molar-refractivity contribution in [2.24, 2.45) is 0 Å². The highest BCUT2D eigenvalue weighted by Gasteiger charge is 2.24. The first-order chi connectivity index (χ1) is 9.36. The van der Waals surface area contributed by atoms with Gasteiger partial charge < -0.3 is 5.32 Å². The van der Waals surface area contributed by atoms with Gasteiger partial charge in [0.2, 0.25) is 0 Å². The summed E-state index contributed by atoms with van der Waals surface area (Å²) in [7, 11) is 0. The van der Waals surface area contributed by atoms with Crippen molar-refractivity contribution in [1.29, 1.82) is 0 Å². The van der Waals surface area contributed by atoms with Gasteiger partial charge >= 0.3 is 0 Å². The molecule has 0 atom stereocenters. The van der Waals surface area contributed by atoms with E-state index in [9.17, 15) is 0 Å². The van der Waals surface area contributed by atoms with Crippen molar-refractivity contribution < 1.29 is 0 Å². The molecule has 19 heavy (non-hydrogen) atoms. The molecule has 1 aliphatic carbocycles. The molecule has 1 N–H and O–H groups in total. The molecule has 3 rings (SSSR count). The fraction of sp³-hybridized carbons (Fsp3) is 0.375. The minimum atomic E-state index is 0.431. The van der Waals surface area contributed by atoms with Gasteiger partial charge in [-0.1, -0.05) is 31.2 Å². The van der Waals surface area contributed by atoms with E-state index in [1.54, 1.807) is 0 Å². The lowest BCUT2D eigenvalue weighted by Gasteiger charge is -2.10. The van der Waals surface area contributed by atoms with Crippen LogP contribution in [0.3, 0.4) is 0 Å². The molecule has 0 saturated carbocycles. The van der Waals surface area contributed by atoms with Crippen LogP contribution in [0.15, 0.2) is 36.5 Å². The topological polar surface area (TPSA) is 37.8 Å². The average Bonchev–Trinajstić information content (AvgIpc) is 2.89. The minimum Gasteiger partial charge on any atom is -0.370 e. The van der Waals surface area contributed by atoms with Crippen LogP contribution in [-0.2, 0) is 12.8 Å². The fourth-order valence-electron chi connectivity index (χ4n) is 2.66. The summed E-state index contributed by atoms with van der Waals surface area (Å²) in [6, 6.07) is 10.6. The average molecular weight is 253 g/mol. The molecule has 0 unspecified atom stereocenters. The van der Waals surface area contributed by atoms with E-state index in [1.165, 1.54) is 11.1 Å². The Labute approximate surface area is 114 Å². The Balaban J connectivity index is 1.77. The highest BCUT2D eigenvalue weighted by atomic mass is 15.0. The Morgan fingerprint density at radius 1 is 1.16 bits per heavy atom. The van der Waals surface area contributed by atoms with E-state index < -0.39 is 0 Å². The van der Waals surface area contributed by atoms with Crippen LogP contribution in [-0.4, -0.2) is 16.5 Å². The zero-order valence-corrected chi connectivity index (χ0v) is 11.3. The first-order valence-corrected chi connectivity index (χ1v) is 7.00. The van der Waals surface area contributed by atoms with E-state index in [1.807, 2.05) is 12.3 Å². The number of nitrogens with zero attached hydrogens (tertiary/aromatic N) is 2. The zero-order valence-electron chi connectivity index (χ0n) is 11.3. The third-order valence-electron chi connectivity index (χ3n) is 3.65. The lowest BCUT2D eigenvalue weighted by atomic mass is 10.1. The molecule has 0 saturated heterocycles. The monoisotopic (exact) mass is 253 g/mol. The quantitative estimate of drug-likeness (QED) is 0.909. The Hall–Kier alpha value is -1.90. The van der Waals surface area contributed by atoms with Crippen LogP contribution < -0.4 is 5.32 Å². The number of aromatic nitrogens is 2. The molecule has 0 spiro atoms. The van der Waals surface area contributed by atoms with Crippen molar-refractivity contribution >= 4 is 5.82 Å². The summed E-state index contributed by atoms with van der Waals surface area (Å²) in [6.45, 7) is 3.12. The first kappa shape index (κ1) is 12.2. The third kappa shape index (κ3) is 2.60. The molecule has 1 heterocycles. The smallest absolute Gasteiger partial charge is 0.134 e. The number of fused-ring (bicyclic) bond motifs is 1. The molecule has 1 aliphatic rings. The Bertz CT molecular complexity index is 540. The van der Waals surface area contributed by atoms with Gasteiger partial charge in [-0.05, 0) is 36.5 Å². The number of benzene rings is 1. The molecule has 0 fully saturated rings. The molecule has 0 amide bonds. The van der Waals surface area contributed by atoms with Gasteiger partial charge in [0.15, 0.2) is 0 Å². The van der Waals surface area contributed by atoms with Gasteiger partial charge in [-0.3, -0.25) is 0 Å². The van der Waals surface area contributed by atoms with Gasteiger partial charge in [-0.25, -0.2) is 9.97 Å².